The van der Waals surface area contributed by atoms with Gasteiger partial charge in [-0.25, -0.2) is 0 Å². The number of benzene rings is 1. The van der Waals surface area contributed by atoms with Crippen molar-refractivity contribution in [2.45, 2.75) is 19.9 Å². The Balaban J connectivity index is 1.87. The van der Waals surface area contributed by atoms with Crippen LogP contribution in [0, 0.1) is 0 Å². The highest BCUT2D eigenvalue weighted by atomic mass is 35.5. The second kappa shape index (κ2) is 7.97. The predicted molar refractivity (Wildman–Crippen MR) is 112 cm³/mol. The van der Waals surface area contributed by atoms with Crippen molar-refractivity contribution in [1.82, 2.24) is 14.8 Å². The van der Waals surface area contributed by atoms with E-state index >= 15 is 0 Å². The van der Waals surface area contributed by atoms with Gasteiger partial charge in [0.2, 0.25) is 5.76 Å². The van der Waals surface area contributed by atoms with Crippen LogP contribution >= 0.6 is 11.6 Å². The van der Waals surface area contributed by atoms with Gasteiger partial charge in [-0.2, -0.15) is 0 Å². The highest BCUT2D eigenvalue weighted by molar-refractivity contribution is 6.31. The number of rotatable bonds is 6. The van der Waals surface area contributed by atoms with Gasteiger partial charge in [-0.3, -0.25) is 14.6 Å². The number of hydrogen-bond acceptors (Lipinski definition) is 5. The maximum absolute atomic E-state index is 13.4. The van der Waals surface area contributed by atoms with Crippen LogP contribution in [-0.4, -0.2) is 46.9 Å². The first-order valence-electron chi connectivity index (χ1n) is 9.74. The molecule has 7 heteroatoms. The molecule has 29 heavy (non-hydrogen) atoms. The van der Waals surface area contributed by atoms with Crippen molar-refractivity contribution < 1.29 is 9.21 Å². The smallest absolute Gasteiger partial charge is 0.290 e. The molecule has 150 valence electrons. The molecule has 0 spiro atoms. The van der Waals surface area contributed by atoms with Crippen LogP contribution in [0.4, 0.5) is 0 Å². The van der Waals surface area contributed by atoms with Crippen LogP contribution in [0.25, 0.3) is 11.0 Å². The van der Waals surface area contributed by atoms with Crippen LogP contribution in [0.15, 0.2) is 51.9 Å². The van der Waals surface area contributed by atoms with E-state index in [1.807, 2.05) is 12.1 Å². The van der Waals surface area contributed by atoms with Crippen LogP contribution in [0.2, 0.25) is 5.02 Å². The average molecular weight is 412 g/mol. The Morgan fingerprint density at radius 1 is 1.14 bits per heavy atom. The zero-order valence-electron chi connectivity index (χ0n) is 16.4. The molecule has 4 rings (SSSR count). The van der Waals surface area contributed by atoms with Gasteiger partial charge >= 0.3 is 0 Å². The van der Waals surface area contributed by atoms with E-state index in [1.54, 1.807) is 35.5 Å². The minimum atomic E-state index is -0.504. The number of likely N-dealkylation sites (N-methyl/N-ethyl adjacent to an activating group) is 1. The van der Waals surface area contributed by atoms with E-state index in [1.165, 1.54) is 0 Å². The van der Waals surface area contributed by atoms with E-state index in [2.05, 4.69) is 23.7 Å². The first kappa shape index (κ1) is 19.6. The molecule has 3 aromatic rings. The molecular weight excluding hydrogens is 390 g/mol. The Labute approximate surface area is 173 Å². The number of amides is 1. The zero-order valence-corrected chi connectivity index (χ0v) is 17.1. The molecule has 0 saturated carbocycles. The fourth-order valence-corrected chi connectivity index (χ4v) is 4.08. The third-order valence-electron chi connectivity index (χ3n) is 5.50. The van der Waals surface area contributed by atoms with Gasteiger partial charge in [-0.1, -0.05) is 25.4 Å². The summed E-state index contributed by atoms with van der Waals surface area (Å²) in [5, 5.41) is 0.835. The van der Waals surface area contributed by atoms with Crippen molar-refractivity contribution in [2.75, 3.05) is 26.2 Å². The summed E-state index contributed by atoms with van der Waals surface area (Å²) in [6.07, 6.45) is 3.33. The largest absolute Gasteiger partial charge is 0.450 e. The molecule has 1 atom stereocenters. The third-order valence-corrected chi connectivity index (χ3v) is 5.74. The topological polar surface area (TPSA) is 66.7 Å². The van der Waals surface area contributed by atoms with Crippen LogP contribution in [-0.2, 0) is 0 Å². The maximum Gasteiger partial charge on any atom is 0.290 e. The van der Waals surface area contributed by atoms with Crippen LogP contribution in [0.3, 0.4) is 0 Å². The van der Waals surface area contributed by atoms with Gasteiger partial charge in [0.1, 0.15) is 5.58 Å². The molecule has 1 aliphatic rings. The van der Waals surface area contributed by atoms with Crippen LogP contribution in [0.5, 0.6) is 0 Å². The molecule has 0 fully saturated rings. The maximum atomic E-state index is 13.4. The lowest BCUT2D eigenvalue weighted by molar-refractivity contribution is 0.0708. The lowest BCUT2D eigenvalue weighted by Gasteiger charge is -2.28. The fourth-order valence-electron chi connectivity index (χ4n) is 3.90. The minimum absolute atomic E-state index is 0.117. The summed E-state index contributed by atoms with van der Waals surface area (Å²) in [5.41, 5.74) is 1.35. The summed E-state index contributed by atoms with van der Waals surface area (Å²) >= 11 is 6.10. The average Bonchev–Trinajstić information content (AvgIpc) is 3.02. The Kier molecular flexibility index (Phi) is 5.39. The Bertz CT molecular complexity index is 1110. The van der Waals surface area contributed by atoms with Crippen molar-refractivity contribution in [1.29, 1.82) is 0 Å². The molecule has 0 bridgehead atoms. The highest BCUT2D eigenvalue weighted by Gasteiger charge is 2.42. The SMILES string of the molecule is CCN(CC)CCN1C(=O)c2oc3ccc(Cl)cc3c(=O)c2C1c1ccncc1. The van der Waals surface area contributed by atoms with E-state index in [-0.39, 0.29) is 17.1 Å². The Morgan fingerprint density at radius 2 is 1.86 bits per heavy atom. The monoisotopic (exact) mass is 411 g/mol. The number of carbonyl (C=O) groups is 1. The molecule has 0 N–H and O–H groups in total. The van der Waals surface area contributed by atoms with Crippen molar-refractivity contribution in [3.63, 3.8) is 0 Å². The third kappa shape index (κ3) is 3.43. The zero-order chi connectivity index (χ0) is 20.5. The second-order valence-corrected chi connectivity index (χ2v) is 7.46. The number of pyridine rings is 1. The number of hydrogen-bond donors (Lipinski definition) is 0. The van der Waals surface area contributed by atoms with Crippen LogP contribution in [0.1, 0.15) is 41.6 Å². The molecule has 0 radical (unpaired) electrons. The van der Waals surface area contributed by atoms with Gasteiger partial charge in [0.15, 0.2) is 5.43 Å². The fraction of sp³-hybridized carbons (Fsp3) is 0.318. The normalized spacial score (nSPS) is 16.1. The number of aromatic nitrogens is 1. The number of halogens is 1. The van der Waals surface area contributed by atoms with Gasteiger partial charge in [0, 0.05) is 30.5 Å². The predicted octanol–water partition coefficient (Wildman–Crippen LogP) is 3.73. The number of fused-ring (bicyclic) bond motifs is 2. The summed E-state index contributed by atoms with van der Waals surface area (Å²) < 4.78 is 5.91. The highest BCUT2D eigenvalue weighted by Crippen LogP contribution is 2.38. The summed E-state index contributed by atoms with van der Waals surface area (Å²) in [6, 6.07) is 8.04. The molecule has 1 unspecified atom stereocenters. The van der Waals surface area contributed by atoms with E-state index in [0.29, 0.717) is 34.6 Å². The van der Waals surface area contributed by atoms with Crippen molar-refractivity contribution in [3.05, 3.63) is 74.9 Å². The van der Waals surface area contributed by atoms with Gasteiger partial charge in [0.25, 0.3) is 5.91 Å². The van der Waals surface area contributed by atoms with Gasteiger partial charge in [-0.15, -0.1) is 0 Å². The summed E-state index contributed by atoms with van der Waals surface area (Å²) in [4.78, 5) is 34.7. The summed E-state index contributed by atoms with van der Waals surface area (Å²) in [6.45, 7) is 7.18. The first-order valence-corrected chi connectivity index (χ1v) is 10.1. The summed E-state index contributed by atoms with van der Waals surface area (Å²) in [7, 11) is 0. The number of carbonyl (C=O) groups excluding carboxylic acids is 1. The Hall–Kier alpha value is -2.70. The van der Waals surface area contributed by atoms with Crippen molar-refractivity contribution >= 4 is 28.5 Å². The molecule has 2 aromatic heterocycles. The molecule has 0 aliphatic carbocycles. The van der Waals surface area contributed by atoms with Crippen molar-refractivity contribution in [2.24, 2.45) is 0 Å². The standard InChI is InChI=1S/C22H22ClN3O3/c1-3-25(4-2)11-12-26-19(14-7-9-24-10-8-14)18-20(27)16-13-15(23)5-6-17(16)29-21(18)22(26)28/h5-10,13,19H,3-4,11-12H2,1-2H3. The summed E-state index contributed by atoms with van der Waals surface area (Å²) in [5.74, 6) is -0.144. The van der Waals surface area contributed by atoms with Gasteiger partial charge < -0.3 is 14.2 Å². The van der Waals surface area contributed by atoms with Crippen LogP contribution < -0.4 is 5.43 Å². The van der Waals surface area contributed by atoms with E-state index in [4.69, 9.17) is 16.0 Å². The molecule has 3 heterocycles. The lowest BCUT2D eigenvalue weighted by atomic mass is 9.99. The van der Waals surface area contributed by atoms with E-state index in [9.17, 15) is 9.59 Å². The second-order valence-electron chi connectivity index (χ2n) is 7.02. The molecule has 1 amide bonds. The molecule has 1 aromatic carbocycles. The molecule has 1 aliphatic heterocycles. The molecule has 0 saturated heterocycles. The van der Waals surface area contributed by atoms with E-state index < -0.39 is 6.04 Å². The quantitative estimate of drug-likeness (QED) is 0.618. The van der Waals surface area contributed by atoms with Gasteiger partial charge in [0.05, 0.1) is 17.0 Å². The molecule has 6 nitrogen and oxygen atoms in total. The van der Waals surface area contributed by atoms with Crippen molar-refractivity contribution in [3.8, 4) is 0 Å². The number of nitrogens with zero attached hydrogens (tertiary/aromatic N) is 3. The lowest BCUT2D eigenvalue weighted by Crippen LogP contribution is -2.37. The first-order chi connectivity index (χ1) is 14.0. The Morgan fingerprint density at radius 3 is 2.55 bits per heavy atom. The molecular formula is C22H22ClN3O3. The van der Waals surface area contributed by atoms with E-state index in [0.717, 1.165) is 18.7 Å². The minimum Gasteiger partial charge on any atom is -0.450 e. The van der Waals surface area contributed by atoms with Gasteiger partial charge in [-0.05, 0) is 49.0 Å².